The predicted molar refractivity (Wildman–Crippen MR) is 73.9 cm³/mol. The molecule has 2 atom stereocenters. The number of carbonyl (C=O) groups is 2. The number of piperazine rings is 1. The van der Waals surface area contributed by atoms with E-state index < -0.39 is 0 Å². The van der Waals surface area contributed by atoms with Gasteiger partial charge in [-0.2, -0.15) is 0 Å². The van der Waals surface area contributed by atoms with E-state index in [1.165, 1.54) is 0 Å². The van der Waals surface area contributed by atoms with E-state index in [9.17, 15) is 9.59 Å². The van der Waals surface area contributed by atoms with Crippen LogP contribution >= 0.6 is 12.4 Å². The normalized spacial score (nSPS) is 31.3. The number of carbonyl (C=O) groups excluding carboxylic acids is 2. The van der Waals surface area contributed by atoms with E-state index in [2.05, 4.69) is 0 Å². The molecule has 3 fully saturated rings. The van der Waals surface area contributed by atoms with Crippen molar-refractivity contribution in [3.05, 3.63) is 0 Å². The highest BCUT2D eigenvalue weighted by Gasteiger charge is 2.39. The van der Waals surface area contributed by atoms with E-state index in [1.54, 1.807) is 4.90 Å². The van der Waals surface area contributed by atoms with Gasteiger partial charge in [-0.1, -0.05) is 6.42 Å². The molecule has 0 bridgehead atoms. The summed E-state index contributed by atoms with van der Waals surface area (Å²) in [5.74, 6) is 0.165. The molecule has 3 aliphatic rings. The Morgan fingerprint density at radius 3 is 2.42 bits per heavy atom. The fourth-order valence-electron chi connectivity index (χ4n) is 3.18. The lowest BCUT2D eigenvalue weighted by Crippen LogP contribution is -2.55. The Morgan fingerprint density at radius 1 is 1.16 bits per heavy atom. The van der Waals surface area contributed by atoms with Gasteiger partial charge in [0.05, 0.1) is 12.5 Å². The molecule has 2 amide bonds. The maximum atomic E-state index is 12.3. The average molecular weight is 288 g/mol. The number of nitrogens with zero attached hydrogens (tertiary/aromatic N) is 2. The van der Waals surface area contributed by atoms with Crippen LogP contribution in [0, 0.1) is 5.92 Å². The summed E-state index contributed by atoms with van der Waals surface area (Å²) in [7, 11) is 0. The number of nitrogens with two attached hydrogens (primary N) is 1. The van der Waals surface area contributed by atoms with Gasteiger partial charge in [0, 0.05) is 25.2 Å². The van der Waals surface area contributed by atoms with E-state index in [1.807, 2.05) is 4.90 Å². The molecule has 2 aliphatic carbocycles. The predicted octanol–water partition coefficient (Wildman–Crippen LogP) is 0.369. The fourth-order valence-corrected chi connectivity index (χ4v) is 3.18. The molecule has 108 valence electrons. The third-order valence-corrected chi connectivity index (χ3v) is 4.44. The molecule has 1 saturated heterocycles. The van der Waals surface area contributed by atoms with Crippen molar-refractivity contribution in [2.75, 3.05) is 19.6 Å². The van der Waals surface area contributed by atoms with Crippen LogP contribution in [0.15, 0.2) is 0 Å². The van der Waals surface area contributed by atoms with E-state index >= 15 is 0 Å². The van der Waals surface area contributed by atoms with Crippen molar-refractivity contribution in [2.45, 2.75) is 44.2 Å². The smallest absolute Gasteiger partial charge is 0.242 e. The van der Waals surface area contributed by atoms with Gasteiger partial charge in [-0.3, -0.25) is 9.59 Å². The molecule has 0 aromatic heterocycles. The van der Waals surface area contributed by atoms with Crippen LogP contribution in [0.2, 0.25) is 0 Å². The van der Waals surface area contributed by atoms with Crippen LogP contribution < -0.4 is 5.73 Å². The van der Waals surface area contributed by atoms with E-state index in [0.717, 1.165) is 32.1 Å². The van der Waals surface area contributed by atoms with Crippen molar-refractivity contribution in [2.24, 2.45) is 11.7 Å². The van der Waals surface area contributed by atoms with Crippen LogP contribution in [-0.4, -0.2) is 53.3 Å². The lowest BCUT2D eigenvalue weighted by molar-refractivity contribution is -0.148. The molecule has 0 aromatic rings. The van der Waals surface area contributed by atoms with Crippen molar-refractivity contribution in [3.63, 3.8) is 0 Å². The lowest BCUT2D eigenvalue weighted by atomic mass is 10.0. The lowest BCUT2D eigenvalue weighted by Gasteiger charge is -2.36. The van der Waals surface area contributed by atoms with Crippen molar-refractivity contribution >= 4 is 24.2 Å². The Hall–Kier alpha value is -0.810. The Kier molecular flexibility index (Phi) is 4.36. The first-order valence-corrected chi connectivity index (χ1v) is 7.00. The van der Waals surface area contributed by atoms with Crippen molar-refractivity contribution in [1.29, 1.82) is 0 Å². The molecule has 6 heteroatoms. The largest absolute Gasteiger partial charge is 0.336 e. The maximum absolute atomic E-state index is 12.3. The number of halogens is 1. The number of hydrogen-bond acceptors (Lipinski definition) is 3. The van der Waals surface area contributed by atoms with Crippen LogP contribution in [0.1, 0.15) is 32.1 Å². The van der Waals surface area contributed by atoms with Crippen molar-refractivity contribution in [3.8, 4) is 0 Å². The van der Waals surface area contributed by atoms with Gasteiger partial charge in [-0.25, -0.2) is 0 Å². The molecule has 0 aromatic carbocycles. The average Bonchev–Trinajstić information content (AvgIpc) is 3.10. The Labute approximate surface area is 119 Å². The van der Waals surface area contributed by atoms with Gasteiger partial charge in [0.2, 0.25) is 11.8 Å². The number of amides is 2. The van der Waals surface area contributed by atoms with Crippen molar-refractivity contribution < 1.29 is 9.59 Å². The van der Waals surface area contributed by atoms with E-state index in [0.29, 0.717) is 19.1 Å². The molecule has 2 unspecified atom stereocenters. The van der Waals surface area contributed by atoms with Crippen LogP contribution in [0.3, 0.4) is 0 Å². The maximum Gasteiger partial charge on any atom is 0.242 e. The summed E-state index contributed by atoms with van der Waals surface area (Å²) in [5, 5.41) is 0. The van der Waals surface area contributed by atoms with Gasteiger partial charge < -0.3 is 15.5 Å². The zero-order valence-electron chi connectivity index (χ0n) is 11.1. The molecule has 1 heterocycles. The third-order valence-electron chi connectivity index (χ3n) is 4.44. The second kappa shape index (κ2) is 5.67. The van der Waals surface area contributed by atoms with Crippen LogP contribution in [0.5, 0.6) is 0 Å². The van der Waals surface area contributed by atoms with Crippen LogP contribution in [0.4, 0.5) is 0 Å². The number of rotatable bonds is 2. The molecular weight excluding hydrogens is 266 g/mol. The minimum atomic E-state index is -0.0507. The Morgan fingerprint density at radius 2 is 1.89 bits per heavy atom. The molecule has 19 heavy (non-hydrogen) atoms. The molecule has 0 spiro atoms. The first-order chi connectivity index (χ1) is 8.66. The second-order valence-electron chi connectivity index (χ2n) is 5.78. The minimum absolute atomic E-state index is 0. The summed E-state index contributed by atoms with van der Waals surface area (Å²) in [6, 6.07) is 0.456. The standard InChI is InChI=1S/C13H21N3O2.ClH/c14-11-3-1-2-10(11)13(18)15-6-7-16(9-4-5-9)12(17)8-15;/h9-11H,1-8,14H2;1H. The Bertz CT molecular complexity index is 373. The van der Waals surface area contributed by atoms with Crippen molar-refractivity contribution in [1.82, 2.24) is 9.80 Å². The molecule has 0 radical (unpaired) electrons. The van der Waals surface area contributed by atoms with Gasteiger partial charge in [0.1, 0.15) is 0 Å². The summed E-state index contributed by atoms with van der Waals surface area (Å²) in [5.41, 5.74) is 5.96. The molecular formula is C13H22ClN3O2. The first-order valence-electron chi connectivity index (χ1n) is 7.00. The van der Waals surface area contributed by atoms with Gasteiger partial charge in [-0.15, -0.1) is 12.4 Å². The highest BCUT2D eigenvalue weighted by molar-refractivity contribution is 5.87. The Balaban J connectivity index is 0.00000133. The zero-order chi connectivity index (χ0) is 12.7. The second-order valence-corrected chi connectivity index (χ2v) is 5.78. The zero-order valence-corrected chi connectivity index (χ0v) is 11.9. The first kappa shape index (κ1) is 14.6. The summed E-state index contributed by atoms with van der Waals surface area (Å²) in [4.78, 5) is 28.0. The van der Waals surface area contributed by atoms with Gasteiger partial charge in [0.25, 0.3) is 0 Å². The SMILES string of the molecule is Cl.NC1CCCC1C(=O)N1CCN(C2CC2)C(=O)C1. The van der Waals surface area contributed by atoms with Crippen LogP contribution in [-0.2, 0) is 9.59 Å². The topological polar surface area (TPSA) is 66.6 Å². The molecule has 1 aliphatic heterocycles. The molecule has 2 saturated carbocycles. The monoisotopic (exact) mass is 287 g/mol. The molecule has 3 rings (SSSR count). The van der Waals surface area contributed by atoms with Crippen LogP contribution in [0.25, 0.3) is 0 Å². The quantitative estimate of drug-likeness (QED) is 0.798. The molecule has 2 N–H and O–H groups in total. The van der Waals surface area contributed by atoms with Gasteiger partial charge >= 0.3 is 0 Å². The summed E-state index contributed by atoms with van der Waals surface area (Å²) in [6.07, 6.45) is 5.12. The number of hydrogen-bond donors (Lipinski definition) is 1. The third kappa shape index (κ3) is 2.87. The highest BCUT2D eigenvalue weighted by Crippen LogP contribution is 2.30. The van der Waals surface area contributed by atoms with E-state index in [4.69, 9.17) is 5.73 Å². The molecule has 5 nitrogen and oxygen atoms in total. The summed E-state index contributed by atoms with van der Waals surface area (Å²) < 4.78 is 0. The summed E-state index contributed by atoms with van der Waals surface area (Å²) >= 11 is 0. The summed E-state index contributed by atoms with van der Waals surface area (Å²) in [6.45, 7) is 1.65. The van der Waals surface area contributed by atoms with Gasteiger partial charge in [-0.05, 0) is 25.7 Å². The van der Waals surface area contributed by atoms with E-state index in [-0.39, 0.29) is 42.7 Å². The highest BCUT2D eigenvalue weighted by atomic mass is 35.5. The minimum Gasteiger partial charge on any atom is -0.336 e. The fraction of sp³-hybridized carbons (Fsp3) is 0.846. The van der Waals surface area contributed by atoms with Gasteiger partial charge in [0.15, 0.2) is 0 Å².